The first-order chi connectivity index (χ1) is 11.9. The van der Waals surface area contributed by atoms with E-state index in [-0.39, 0.29) is 29.6 Å². The van der Waals surface area contributed by atoms with Crippen LogP contribution in [0.4, 0.5) is 4.39 Å². The van der Waals surface area contributed by atoms with Crippen molar-refractivity contribution in [1.29, 1.82) is 0 Å². The Kier molecular flexibility index (Phi) is 6.66. The number of carbonyl (C=O) groups excluding carboxylic acids is 1. The van der Waals surface area contributed by atoms with Crippen LogP contribution in [0.5, 0.6) is 0 Å². The second-order valence-electron chi connectivity index (χ2n) is 5.69. The normalized spacial score (nSPS) is 11.3. The Morgan fingerprint density at radius 1 is 1.00 bits per heavy atom. The minimum Gasteiger partial charge on any atom is -0.356 e. The van der Waals surface area contributed by atoms with Crippen LogP contribution < -0.4 is 10.0 Å². The van der Waals surface area contributed by atoms with Crippen molar-refractivity contribution in [3.05, 3.63) is 65.5 Å². The molecule has 0 aliphatic heterocycles. The Labute approximate surface area is 147 Å². The molecule has 7 heteroatoms. The molecule has 0 aliphatic carbocycles. The van der Waals surface area contributed by atoms with E-state index in [1.807, 2.05) is 6.92 Å². The highest BCUT2D eigenvalue weighted by Crippen LogP contribution is 2.09. The number of halogens is 1. The van der Waals surface area contributed by atoms with Gasteiger partial charge in [-0.2, -0.15) is 0 Å². The fraction of sp³-hybridized carbons (Fsp3) is 0.278. The van der Waals surface area contributed by atoms with Gasteiger partial charge in [0.15, 0.2) is 0 Å². The van der Waals surface area contributed by atoms with E-state index in [1.165, 1.54) is 24.3 Å². The fourth-order valence-electron chi connectivity index (χ4n) is 2.19. The van der Waals surface area contributed by atoms with E-state index >= 15 is 0 Å². The van der Waals surface area contributed by atoms with Crippen LogP contribution in [0.3, 0.4) is 0 Å². The molecule has 0 saturated heterocycles. The highest BCUT2D eigenvalue weighted by Gasteiger charge is 2.13. The van der Waals surface area contributed by atoms with Crippen molar-refractivity contribution < 1.29 is 17.6 Å². The van der Waals surface area contributed by atoms with Crippen LogP contribution in [0.25, 0.3) is 0 Å². The maximum absolute atomic E-state index is 12.8. The number of nitrogens with one attached hydrogen (secondary N) is 2. The highest BCUT2D eigenvalue weighted by atomic mass is 32.2. The number of benzene rings is 2. The standard InChI is InChI=1S/C18H21FN2O3S/c1-14-2-8-17(9-3-14)25(23,24)21-13-11-18(22)20-12-10-15-4-6-16(19)7-5-15/h2-9,21H,10-13H2,1H3,(H,20,22). The first-order valence-electron chi connectivity index (χ1n) is 7.94. The maximum Gasteiger partial charge on any atom is 0.240 e. The highest BCUT2D eigenvalue weighted by molar-refractivity contribution is 7.89. The first-order valence-corrected chi connectivity index (χ1v) is 9.42. The molecule has 0 spiro atoms. The monoisotopic (exact) mass is 364 g/mol. The van der Waals surface area contributed by atoms with E-state index in [4.69, 9.17) is 0 Å². The van der Waals surface area contributed by atoms with Gasteiger partial charge in [-0.3, -0.25) is 4.79 Å². The van der Waals surface area contributed by atoms with Crippen molar-refractivity contribution >= 4 is 15.9 Å². The van der Waals surface area contributed by atoms with E-state index < -0.39 is 10.0 Å². The topological polar surface area (TPSA) is 75.3 Å². The second kappa shape index (κ2) is 8.73. The molecule has 5 nitrogen and oxygen atoms in total. The molecule has 0 saturated carbocycles. The summed E-state index contributed by atoms with van der Waals surface area (Å²) in [7, 11) is -3.61. The Bertz CT molecular complexity index is 803. The van der Waals surface area contributed by atoms with Crippen LogP contribution in [-0.4, -0.2) is 27.4 Å². The van der Waals surface area contributed by atoms with Crippen LogP contribution in [0.15, 0.2) is 53.4 Å². The van der Waals surface area contributed by atoms with Crippen LogP contribution >= 0.6 is 0 Å². The average Bonchev–Trinajstić information content (AvgIpc) is 2.57. The summed E-state index contributed by atoms with van der Waals surface area (Å²) >= 11 is 0. The van der Waals surface area contributed by atoms with Gasteiger partial charge in [0.2, 0.25) is 15.9 Å². The summed E-state index contributed by atoms with van der Waals surface area (Å²) in [5.74, 6) is -0.539. The maximum atomic E-state index is 12.8. The lowest BCUT2D eigenvalue weighted by Crippen LogP contribution is -2.31. The SMILES string of the molecule is Cc1ccc(S(=O)(=O)NCCC(=O)NCCc2ccc(F)cc2)cc1. The minimum absolute atomic E-state index is 0.0264. The number of carbonyl (C=O) groups is 1. The third-order valence-electron chi connectivity index (χ3n) is 3.62. The van der Waals surface area contributed by atoms with Crippen molar-refractivity contribution in [1.82, 2.24) is 10.0 Å². The van der Waals surface area contributed by atoms with Crippen molar-refractivity contribution in [3.63, 3.8) is 0 Å². The summed E-state index contributed by atoms with van der Waals surface area (Å²) in [5, 5.41) is 2.71. The Morgan fingerprint density at radius 2 is 1.64 bits per heavy atom. The lowest BCUT2D eigenvalue weighted by atomic mass is 10.1. The summed E-state index contributed by atoms with van der Waals surface area (Å²) in [4.78, 5) is 11.9. The minimum atomic E-state index is -3.61. The summed E-state index contributed by atoms with van der Waals surface area (Å²) in [6, 6.07) is 12.6. The molecule has 2 aromatic carbocycles. The molecule has 2 aromatic rings. The predicted octanol–water partition coefficient (Wildman–Crippen LogP) is 2.16. The summed E-state index contributed by atoms with van der Waals surface area (Å²) < 4.78 is 39.4. The molecule has 0 fully saturated rings. The molecule has 0 atom stereocenters. The first kappa shape index (κ1) is 19.1. The fourth-order valence-corrected chi connectivity index (χ4v) is 3.22. The van der Waals surface area contributed by atoms with Gasteiger partial charge >= 0.3 is 0 Å². The van der Waals surface area contributed by atoms with Crippen LogP contribution in [0, 0.1) is 12.7 Å². The second-order valence-corrected chi connectivity index (χ2v) is 7.45. The van der Waals surface area contributed by atoms with E-state index in [2.05, 4.69) is 10.0 Å². The lowest BCUT2D eigenvalue weighted by molar-refractivity contribution is -0.120. The van der Waals surface area contributed by atoms with E-state index in [1.54, 1.807) is 24.3 Å². The van der Waals surface area contributed by atoms with E-state index in [0.717, 1.165) is 11.1 Å². The number of hydrogen-bond donors (Lipinski definition) is 2. The zero-order valence-electron chi connectivity index (χ0n) is 14.0. The van der Waals surface area contributed by atoms with Crippen molar-refractivity contribution in [2.45, 2.75) is 24.7 Å². The molecule has 1 amide bonds. The lowest BCUT2D eigenvalue weighted by Gasteiger charge is -2.08. The number of rotatable bonds is 8. The molecule has 2 rings (SSSR count). The Morgan fingerprint density at radius 3 is 2.28 bits per heavy atom. The summed E-state index contributed by atoms with van der Waals surface area (Å²) in [6.45, 7) is 2.31. The summed E-state index contributed by atoms with van der Waals surface area (Å²) in [6.07, 6.45) is 0.635. The molecule has 0 aromatic heterocycles. The van der Waals surface area contributed by atoms with Gasteiger partial charge in [0, 0.05) is 19.5 Å². The van der Waals surface area contributed by atoms with E-state index in [9.17, 15) is 17.6 Å². The van der Waals surface area contributed by atoms with Gasteiger partial charge in [-0.1, -0.05) is 29.8 Å². The largest absolute Gasteiger partial charge is 0.356 e. The van der Waals surface area contributed by atoms with Crippen molar-refractivity contribution in [2.24, 2.45) is 0 Å². The van der Waals surface area contributed by atoms with Gasteiger partial charge in [-0.15, -0.1) is 0 Å². The molecule has 0 bridgehead atoms. The van der Waals surface area contributed by atoms with Crippen molar-refractivity contribution in [2.75, 3.05) is 13.1 Å². The van der Waals surface area contributed by atoms with Gasteiger partial charge in [-0.05, 0) is 43.2 Å². The quantitative estimate of drug-likeness (QED) is 0.754. The van der Waals surface area contributed by atoms with Gasteiger partial charge in [0.05, 0.1) is 4.90 Å². The smallest absolute Gasteiger partial charge is 0.240 e. The van der Waals surface area contributed by atoms with Crippen LogP contribution in [0.2, 0.25) is 0 Å². The molecule has 0 aliphatic rings. The van der Waals surface area contributed by atoms with Gasteiger partial charge in [0.1, 0.15) is 5.82 Å². The number of sulfonamides is 1. The van der Waals surface area contributed by atoms with Gasteiger partial charge < -0.3 is 5.32 Å². The third-order valence-corrected chi connectivity index (χ3v) is 5.10. The van der Waals surface area contributed by atoms with E-state index in [0.29, 0.717) is 13.0 Å². The number of amides is 1. The van der Waals surface area contributed by atoms with Gasteiger partial charge in [0.25, 0.3) is 0 Å². The number of hydrogen-bond acceptors (Lipinski definition) is 3. The molecule has 25 heavy (non-hydrogen) atoms. The number of aryl methyl sites for hydroxylation is 1. The zero-order valence-corrected chi connectivity index (χ0v) is 14.8. The zero-order chi connectivity index (χ0) is 18.3. The van der Waals surface area contributed by atoms with Crippen LogP contribution in [-0.2, 0) is 21.2 Å². The van der Waals surface area contributed by atoms with Gasteiger partial charge in [-0.25, -0.2) is 17.5 Å². The Hall–Kier alpha value is -2.25. The average molecular weight is 364 g/mol. The molecular formula is C18H21FN2O3S. The summed E-state index contributed by atoms with van der Waals surface area (Å²) in [5.41, 5.74) is 1.89. The molecule has 0 unspecified atom stereocenters. The molecular weight excluding hydrogens is 343 g/mol. The third kappa shape index (κ3) is 6.28. The molecule has 2 N–H and O–H groups in total. The van der Waals surface area contributed by atoms with Crippen LogP contribution in [0.1, 0.15) is 17.5 Å². The predicted molar refractivity (Wildman–Crippen MR) is 94.1 cm³/mol. The molecule has 0 radical (unpaired) electrons. The Balaban J connectivity index is 1.71. The molecule has 0 heterocycles. The van der Waals surface area contributed by atoms with Crippen molar-refractivity contribution in [3.8, 4) is 0 Å². The molecule has 134 valence electrons.